The Hall–Kier alpha value is -3.20. The van der Waals surface area contributed by atoms with Crippen LogP contribution in [0, 0.1) is 10.5 Å². The van der Waals surface area contributed by atoms with Crippen LogP contribution in [0.1, 0.15) is 22.4 Å². The molecule has 2 aromatic heterocycles. The highest BCUT2D eigenvalue weighted by atomic mass is 127. The Kier molecular flexibility index (Phi) is 7.63. The van der Waals surface area contributed by atoms with Crippen LogP contribution in [0.4, 0.5) is 0 Å². The molecular weight excluding hydrogens is 515 g/mol. The standard InChI is InChI=1S/C25H25IN4O2/c1-5-7-22(30(3)4)19-12-16(2)29-25-18(19)8-6-9-23(25)32-15-20-17(10-11-24(27)31)13-28-14-21(20)26/h5-14H,1,15H2,2-4H3,(H2,27,31)/b11-10+,22-7-. The SMILES string of the molecule is C=C/C=C(/c1cc(C)nc2c(OCc3c(I)cncc3/C=C/C(N)=O)cccc12)N(C)C. The molecule has 6 nitrogen and oxygen atoms in total. The zero-order valence-corrected chi connectivity index (χ0v) is 20.5. The summed E-state index contributed by atoms with van der Waals surface area (Å²) in [5.74, 6) is 0.169. The first kappa shape index (κ1) is 23.5. The van der Waals surface area contributed by atoms with Crippen molar-refractivity contribution in [2.24, 2.45) is 5.73 Å². The molecule has 2 N–H and O–H groups in total. The minimum Gasteiger partial charge on any atom is -0.487 e. The van der Waals surface area contributed by atoms with Crippen molar-refractivity contribution >= 4 is 51.2 Å². The van der Waals surface area contributed by atoms with Crippen LogP contribution in [0.25, 0.3) is 22.7 Å². The maximum absolute atomic E-state index is 11.2. The van der Waals surface area contributed by atoms with E-state index in [4.69, 9.17) is 15.5 Å². The van der Waals surface area contributed by atoms with Gasteiger partial charge in [0.25, 0.3) is 0 Å². The number of halogens is 1. The number of benzene rings is 1. The summed E-state index contributed by atoms with van der Waals surface area (Å²) in [6.45, 7) is 6.12. The Morgan fingerprint density at radius 3 is 2.78 bits per heavy atom. The quantitative estimate of drug-likeness (QED) is 0.254. The van der Waals surface area contributed by atoms with E-state index in [-0.39, 0.29) is 0 Å². The normalized spacial score (nSPS) is 11.7. The number of amides is 1. The molecule has 0 aliphatic rings. The molecule has 0 radical (unpaired) electrons. The predicted molar refractivity (Wildman–Crippen MR) is 138 cm³/mol. The monoisotopic (exact) mass is 540 g/mol. The van der Waals surface area contributed by atoms with Crippen LogP contribution >= 0.6 is 22.6 Å². The fraction of sp³-hybridized carbons (Fsp3) is 0.160. The van der Waals surface area contributed by atoms with Crippen LogP contribution in [0.2, 0.25) is 0 Å². The average molecular weight is 540 g/mol. The van der Waals surface area contributed by atoms with Crippen molar-refractivity contribution in [1.82, 2.24) is 14.9 Å². The summed E-state index contributed by atoms with van der Waals surface area (Å²) < 4.78 is 7.18. The molecule has 0 saturated carbocycles. The van der Waals surface area contributed by atoms with Crippen LogP contribution in [0.3, 0.4) is 0 Å². The zero-order valence-electron chi connectivity index (χ0n) is 18.3. The summed E-state index contributed by atoms with van der Waals surface area (Å²) in [6.07, 6.45) is 10.2. The third kappa shape index (κ3) is 5.34. The van der Waals surface area contributed by atoms with Crippen LogP contribution in [-0.2, 0) is 11.4 Å². The third-order valence-electron chi connectivity index (χ3n) is 4.80. The second-order valence-electron chi connectivity index (χ2n) is 7.36. The summed E-state index contributed by atoms with van der Waals surface area (Å²) in [5.41, 5.74) is 10.7. The number of fused-ring (bicyclic) bond motifs is 1. The molecule has 3 rings (SSSR count). The van der Waals surface area contributed by atoms with Gasteiger partial charge in [0.2, 0.25) is 5.91 Å². The number of allylic oxidation sites excluding steroid dienone is 2. The van der Waals surface area contributed by atoms with Crippen molar-refractivity contribution in [3.8, 4) is 5.75 Å². The Morgan fingerprint density at radius 1 is 1.31 bits per heavy atom. The molecule has 0 aliphatic carbocycles. The number of nitrogens with zero attached hydrogens (tertiary/aromatic N) is 3. The highest BCUT2D eigenvalue weighted by molar-refractivity contribution is 14.1. The van der Waals surface area contributed by atoms with E-state index >= 15 is 0 Å². The number of pyridine rings is 2. The molecule has 0 aliphatic heterocycles. The zero-order chi connectivity index (χ0) is 23.3. The lowest BCUT2D eigenvalue weighted by Gasteiger charge is -2.20. The van der Waals surface area contributed by atoms with Crippen molar-refractivity contribution < 1.29 is 9.53 Å². The molecule has 1 aromatic carbocycles. The number of primary amides is 1. The van der Waals surface area contributed by atoms with Crippen molar-refractivity contribution in [2.75, 3.05) is 14.1 Å². The van der Waals surface area contributed by atoms with Crippen LogP contribution in [-0.4, -0.2) is 34.9 Å². The summed E-state index contributed by atoms with van der Waals surface area (Å²) in [5, 5.41) is 0.994. The number of hydrogen-bond donors (Lipinski definition) is 1. The van der Waals surface area contributed by atoms with E-state index < -0.39 is 5.91 Å². The molecule has 2 heterocycles. The van der Waals surface area contributed by atoms with Gasteiger partial charge in [-0.05, 0) is 53.8 Å². The van der Waals surface area contributed by atoms with Gasteiger partial charge < -0.3 is 15.4 Å². The van der Waals surface area contributed by atoms with Gasteiger partial charge in [0.05, 0.1) is 0 Å². The second kappa shape index (κ2) is 10.4. The summed E-state index contributed by atoms with van der Waals surface area (Å²) in [7, 11) is 4.01. The van der Waals surface area contributed by atoms with Gasteiger partial charge in [0.15, 0.2) is 0 Å². The minimum atomic E-state index is -0.513. The van der Waals surface area contributed by atoms with E-state index in [1.165, 1.54) is 6.08 Å². The Balaban J connectivity index is 2.05. The predicted octanol–water partition coefficient (Wildman–Crippen LogP) is 4.71. The molecule has 0 unspecified atom stereocenters. The Morgan fingerprint density at radius 2 is 2.09 bits per heavy atom. The molecule has 1 amide bonds. The van der Waals surface area contributed by atoms with Crippen LogP contribution < -0.4 is 10.5 Å². The van der Waals surface area contributed by atoms with Crippen molar-refractivity contribution in [3.05, 3.63) is 87.4 Å². The number of carbonyl (C=O) groups excluding carboxylic acids is 1. The summed E-state index contributed by atoms with van der Waals surface area (Å²) in [4.78, 5) is 22.2. The number of rotatable bonds is 8. The first-order valence-electron chi connectivity index (χ1n) is 9.95. The number of carbonyl (C=O) groups is 1. The number of para-hydroxylation sites is 1. The molecule has 0 atom stereocenters. The molecule has 164 valence electrons. The molecular formula is C25H25IN4O2. The number of hydrogen-bond acceptors (Lipinski definition) is 5. The van der Waals surface area contributed by atoms with Gasteiger partial charge in [-0.15, -0.1) is 0 Å². The van der Waals surface area contributed by atoms with Crippen molar-refractivity contribution in [3.63, 3.8) is 0 Å². The maximum atomic E-state index is 11.2. The maximum Gasteiger partial charge on any atom is 0.241 e. The summed E-state index contributed by atoms with van der Waals surface area (Å²) >= 11 is 2.21. The van der Waals surface area contributed by atoms with E-state index in [9.17, 15) is 4.79 Å². The molecule has 0 spiro atoms. The molecule has 32 heavy (non-hydrogen) atoms. The summed E-state index contributed by atoms with van der Waals surface area (Å²) in [6, 6.07) is 7.99. The number of aryl methyl sites for hydroxylation is 1. The third-order valence-corrected chi connectivity index (χ3v) is 5.73. The van der Waals surface area contributed by atoms with Gasteiger partial charge >= 0.3 is 0 Å². The van der Waals surface area contributed by atoms with Gasteiger partial charge in [-0.2, -0.15) is 0 Å². The van der Waals surface area contributed by atoms with Gasteiger partial charge in [-0.1, -0.05) is 24.8 Å². The lowest BCUT2D eigenvalue weighted by atomic mass is 10.0. The Bertz CT molecular complexity index is 1230. The van der Waals surface area contributed by atoms with E-state index in [1.54, 1.807) is 24.5 Å². The topological polar surface area (TPSA) is 81.3 Å². The fourth-order valence-corrected chi connectivity index (χ4v) is 3.99. The molecule has 3 aromatic rings. The van der Waals surface area contributed by atoms with E-state index in [0.29, 0.717) is 12.4 Å². The highest BCUT2D eigenvalue weighted by Crippen LogP contribution is 2.32. The van der Waals surface area contributed by atoms with Crippen LogP contribution in [0.15, 0.2) is 61.5 Å². The van der Waals surface area contributed by atoms with E-state index in [1.807, 2.05) is 45.3 Å². The van der Waals surface area contributed by atoms with Gasteiger partial charge in [-0.25, -0.2) is 4.98 Å². The minimum absolute atomic E-state index is 0.298. The number of aromatic nitrogens is 2. The first-order valence-corrected chi connectivity index (χ1v) is 11.0. The van der Waals surface area contributed by atoms with Crippen LogP contribution in [0.5, 0.6) is 5.75 Å². The van der Waals surface area contributed by atoms with Crippen molar-refractivity contribution in [1.29, 1.82) is 0 Å². The van der Waals surface area contributed by atoms with Gasteiger partial charge in [0, 0.05) is 69.6 Å². The second-order valence-corrected chi connectivity index (χ2v) is 8.52. The molecule has 7 heteroatoms. The first-order chi connectivity index (χ1) is 15.3. The Labute approximate surface area is 201 Å². The molecule has 0 saturated heterocycles. The smallest absolute Gasteiger partial charge is 0.241 e. The van der Waals surface area contributed by atoms with Crippen molar-refractivity contribution in [2.45, 2.75) is 13.5 Å². The largest absolute Gasteiger partial charge is 0.487 e. The molecule has 0 bridgehead atoms. The lowest BCUT2D eigenvalue weighted by molar-refractivity contribution is -0.113. The molecule has 0 fully saturated rings. The fourth-order valence-electron chi connectivity index (χ4n) is 3.36. The van der Waals surface area contributed by atoms with E-state index in [0.717, 1.165) is 42.6 Å². The number of ether oxygens (including phenoxy) is 1. The van der Waals surface area contributed by atoms with Gasteiger partial charge in [0.1, 0.15) is 17.9 Å². The van der Waals surface area contributed by atoms with E-state index in [2.05, 4.69) is 45.1 Å². The van der Waals surface area contributed by atoms with Gasteiger partial charge in [-0.3, -0.25) is 9.78 Å². The highest BCUT2D eigenvalue weighted by Gasteiger charge is 2.14. The lowest BCUT2D eigenvalue weighted by Crippen LogP contribution is -2.11. The average Bonchev–Trinajstić information content (AvgIpc) is 2.74. The number of nitrogens with two attached hydrogens (primary N) is 1.